The van der Waals surface area contributed by atoms with Crippen molar-refractivity contribution in [2.45, 2.75) is 13.0 Å². The van der Waals surface area contributed by atoms with Crippen molar-refractivity contribution in [1.82, 2.24) is 4.98 Å². The fraction of sp³-hybridized carbons (Fsp3) is 0.308. The zero-order valence-corrected chi connectivity index (χ0v) is 10.5. The van der Waals surface area contributed by atoms with Gasteiger partial charge in [-0.05, 0) is 19.1 Å². The van der Waals surface area contributed by atoms with Gasteiger partial charge in [0.2, 0.25) is 0 Å². The van der Waals surface area contributed by atoms with E-state index in [4.69, 9.17) is 4.74 Å². The average molecular weight is 246 g/mol. The van der Waals surface area contributed by atoms with Crippen molar-refractivity contribution in [1.29, 1.82) is 0 Å². The third-order valence-corrected chi connectivity index (χ3v) is 3.56. The molecule has 1 fully saturated rings. The highest BCUT2D eigenvalue weighted by molar-refractivity contribution is 7.09. The molecule has 88 valence electrons. The van der Waals surface area contributed by atoms with E-state index < -0.39 is 0 Å². The molecule has 0 saturated carbocycles. The molecular weight excluding hydrogens is 232 g/mol. The summed E-state index contributed by atoms with van der Waals surface area (Å²) in [5.74, 6) is 0. The van der Waals surface area contributed by atoms with Crippen LogP contribution in [0, 0.1) is 6.92 Å². The average Bonchev–Trinajstić information content (AvgIpc) is 2.71. The van der Waals surface area contributed by atoms with Crippen molar-refractivity contribution in [3.05, 3.63) is 34.7 Å². The molecule has 2 heterocycles. The summed E-state index contributed by atoms with van der Waals surface area (Å²) in [6.45, 7) is 3.64. The summed E-state index contributed by atoms with van der Waals surface area (Å²) >= 11 is 1.68. The number of benzene rings is 1. The zero-order valence-electron chi connectivity index (χ0n) is 9.64. The van der Waals surface area contributed by atoms with Crippen LogP contribution in [0.1, 0.15) is 5.01 Å². The Balaban J connectivity index is 1.82. The van der Waals surface area contributed by atoms with Crippen molar-refractivity contribution >= 4 is 17.0 Å². The maximum absolute atomic E-state index is 5.15. The molecule has 1 aromatic carbocycles. The van der Waals surface area contributed by atoms with E-state index in [2.05, 4.69) is 39.9 Å². The van der Waals surface area contributed by atoms with Crippen LogP contribution in [-0.2, 0) is 4.74 Å². The Hall–Kier alpha value is -1.39. The van der Waals surface area contributed by atoms with E-state index in [0.717, 1.165) is 29.6 Å². The van der Waals surface area contributed by atoms with Crippen LogP contribution in [0.4, 0.5) is 5.69 Å². The molecule has 17 heavy (non-hydrogen) atoms. The second-order valence-electron chi connectivity index (χ2n) is 4.21. The van der Waals surface area contributed by atoms with Crippen LogP contribution in [0.15, 0.2) is 29.6 Å². The summed E-state index contributed by atoms with van der Waals surface area (Å²) in [6.07, 6.45) is 0. The first-order chi connectivity index (χ1) is 8.31. The van der Waals surface area contributed by atoms with Gasteiger partial charge in [-0.1, -0.05) is 12.1 Å². The highest BCUT2D eigenvalue weighted by Crippen LogP contribution is 2.24. The van der Waals surface area contributed by atoms with E-state index in [1.165, 1.54) is 5.56 Å². The number of anilines is 1. The molecule has 0 amide bonds. The Kier molecular flexibility index (Phi) is 2.82. The van der Waals surface area contributed by atoms with Crippen molar-refractivity contribution in [3.63, 3.8) is 0 Å². The normalized spacial score (nSPS) is 15.6. The van der Waals surface area contributed by atoms with Gasteiger partial charge in [-0.15, -0.1) is 11.3 Å². The quantitative estimate of drug-likeness (QED) is 0.904. The van der Waals surface area contributed by atoms with Gasteiger partial charge in [-0.2, -0.15) is 0 Å². The number of hydrogen-bond acceptors (Lipinski definition) is 4. The molecule has 1 aromatic heterocycles. The monoisotopic (exact) mass is 246 g/mol. The molecule has 0 aliphatic carbocycles. The lowest BCUT2D eigenvalue weighted by Crippen LogP contribution is -2.40. The van der Waals surface area contributed by atoms with Crippen LogP contribution in [0.25, 0.3) is 11.3 Å². The lowest BCUT2D eigenvalue weighted by molar-refractivity contribution is 0.0211. The van der Waals surface area contributed by atoms with Gasteiger partial charge < -0.3 is 10.1 Å². The maximum Gasteiger partial charge on any atom is 0.0901 e. The number of ether oxygens (including phenoxy) is 1. The standard InChI is InChI=1S/C13H14N2OS/c1-9-14-13(8-17-9)10-3-2-4-11(5-10)15-12-6-16-7-12/h2-5,8,12,15H,6-7H2,1H3. The largest absolute Gasteiger partial charge is 0.378 e. The number of nitrogens with zero attached hydrogens (tertiary/aromatic N) is 1. The smallest absolute Gasteiger partial charge is 0.0901 e. The van der Waals surface area contributed by atoms with Gasteiger partial charge in [-0.25, -0.2) is 4.98 Å². The molecule has 1 saturated heterocycles. The molecule has 2 aromatic rings. The first-order valence-electron chi connectivity index (χ1n) is 5.68. The lowest BCUT2D eigenvalue weighted by atomic mass is 10.1. The molecule has 0 radical (unpaired) electrons. The van der Waals surface area contributed by atoms with E-state index >= 15 is 0 Å². The molecule has 3 nitrogen and oxygen atoms in total. The van der Waals surface area contributed by atoms with E-state index in [-0.39, 0.29) is 0 Å². The SMILES string of the molecule is Cc1nc(-c2cccc(NC3COC3)c2)cs1. The topological polar surface area (TPSA) is 34.2 Å². The first-order valence-corrected chi connectivity index (χ1v) is 6.56. The number of aryl methyl sites for hydroxylation is 1. The predicted molar refractivity (Wildman–Crippen MR) is 70.5 cm³/mol. The minimum atomic E-state index is 0.461. The van der Waals surface area contributed by atoms with Crippen molar-refractivity contribution in [3.8, 4) is 11.3 Å². The molecule has 0 spiro atoms. The zero-order chi connectivity index (χ0) is 11.7. The van der Waals surface area contributed by atoms with E-state index in [1.54, 1.807) is 11.3 Å². The Morgan fingerprint density at radius 3 is 2.94 bits per heavy atom. The van der Waals surface area contributed by atoms with Crippen LogP contribution in [-0.4, -0.2) is 24.2 Å². The van der Waals surface area contributed by atoms with Gasteiger partial charge in [0.05, 0.1) is 30.0 Å². The van der Waals surface area contributed by atoms with Gasteiger partial charge in [0.25, 0.3) is 0 Å². The summed E-state index contributed by atoms with van der Waals surface area (Å²) < 4.78 is 5.15. The Morgan fingerprint density at radius 1 is 1.41 bits per heavy atom. The van der Waals surface area contributed by atoms with Crippen LogP contribution >= 0.6 is 11.3 Å². The third-order valence-electron chi connectivity index (χ3n) is 2.79. The Bertz CT molecular complexity index is 520. The fourth-order valence-electron chi connectivity index (χ4n) is 1.82. The third kappa shape index (κ3) is 2.33. The van der Waals surface area contributed by atoms with Gasteiger partial charge >= 0.3 is 0 Å². The molecule has 1 aliphatic heterocycles. The summed E-state index contributed by atoms with van der Waals surface area (Å²) in [5.41, 5.74) is 3.36. The summed E-state index contributed by atoms with van der Waals surface area (Å²) in [5, 5.41) is 6.65. The highest BCUT2D eigenvalue weighted by Gasteiger charge is 2.17. The van der Waals surface area contributed by atoms with Crippen molar-refractivity contribution in [2.75, 3.05) is 18.5 Å². The van der Waals surface area contributed by atoms with E-state index in [9.17, 15) is 0 Å². The first kappa shape index (κ1) is 10.7. The highest BCUT2D eigenvalue weighted by atomic mass is 32.1. The van der Waals surface area contributed by atoms with Gasteiger partial charge in [0, 0.05) is 16.6 Å². The Labute approximate surface area is 104 Å². The molecule has 0 bridgehead atoms. The second kappa shape index (κ2) is 4.47. The van der Waals surface area contributed by atoms with Crippen LogP contribution in [0.3, 0.4) is 0 Å². The van der Waals surface area contributed by atoms with Crippen molar-refractivity contribution < 1.29 is 4.74 Å². The number of thiazole rings is 1. The van der Waals surface area contributed by atoms with Crippen LogP contribution in [0.5, 0.6) is 0 Å². The van der Waals surface area contributed by atoms with Gasteiger partial charge in [0.1, 0.15) is 0 Å². The van der Waals surface area contributed by atoms with Crippen molar-refractivity contribution in [2.24, 2.45) is 0 Å². The molecule has 4 heteroatoms. The summed E-state index contributed by atoms with van der Waals surface area (Å²) in [7, 11) is 0. The number of aromatic nitrogens is 1. The minimum Gasteiger partial charge on any atom is -0.378 e. The second-order valence-corrected chi connectivity index (χ2v) is 5.27. The summed E-state index contributed by atoms with van der Waals surface area (Å²) in [4.78, 5) is 4.50. The molecule has 0 atom stereocenters. The van der Waals surface area contributed by atoms with Gasteiger partial charge in [0.15, 0.2) is 0 Å². The maximum atomic E-state index is 5.15. The number of rotatable bonds is 3. The minimum absolute atomic E-state index is 0.461. The molecule has 3 rings (SSSR count). The molecule has 0 unspecified atom stereocenters. The fourth-order valence-corrected chi connectivity index (χ4v) is 2.44. The molecular formula is C13H14N2OS. The molecule has 1 N–H and O–H groups in total. The number of nitrogens with one attached hydrogen (secondary N) is 1. The Morgan fingerprint density at radius 2 is 2.29 bits per heavy atom. The van der Waals surface area contributed by atoms with E-state index in [1.807, 2.05) is 6.92 Å². The van der Waals surface area contributed by atoms with E-state index in [0.29, 0.717) is 6.04 Å². The number of hydrogen-bond donors (Lipinski definition) is 1. The summed E-state index contributed by atoms with van der Waals surface area (Å²) in [6, 6.07) is 8.85. The predicted octanol–water partition coefficient (Wildman–Crippen LogP) is 2.93. The lowest BCUT2D eigenvalue weighted by Gasteiger charge is -2.27. The van der Waals surface area contributed by atoms with Crippen LogP contribution in [0.2, 0.25) is 0 Å². The van der Waals surface area contributed by atoms with Gasteiger partial charge in [-0.3, -0.25) is 0 Å². The molecule has 1 aliphatic rings. The van der Waals surface area contributed by atoms with Crippen LogP contribution < -0.4 is 5.32 Å².